The average Bonchev–Trinajstić information content (AvgIpc) is 2.68. The first-order chi connectivity index (χ1) is 8.25. The van der Waals surface area contributed by atoms with Gasteiger partial charge in [-0.25, -0.2) is 4.98 Å². The van der Waals surface area contributed by atoms with E-state index in [0.29, 0.717) is 5.92 Å². The summed E-state index contributed by atoms with van der Waals surface area (Å²) in [4.78, 5) is 7.17. The molecule has 0 saturated heterocycles. The third-order valence-corrected chi connectivity index (χ3v) is 4.78. The van der Waals surface area contributed by atoms with Gasteiger partial charge < -0.3 is 4.57 Å². The normalized spacial score (nSPS) is 22.7. The standard InChI is InChI=1S/C13H20BrN3/c1-16-7-8-17-11(9-16)12(14)15-13(17)10-5-3-2-4-6-10/h10H,2-9H2,1H3. The molecule has 1 saturated carbocycles. The molecule has 2 aliphatic rings. The number of hydrogen-bond donors (Lipinski definition) is 0. The van der Waals surface area contributed by atoms with Crippen LogP contribution < -0.4 is 0 Å². The lowest BCUT2D eigenvalue weighted by Gasteiger charge is -2.28. The van der Waals surface area contributed by atoms with Crippen LogP contribution in [0.3, 0.4) is 0 Å². The van der Waals surface area contributed by atoms with Gasteiger partial charge in [0, 0.05) is 25.6 Å². The van der Waals surface area contributed by atoms with E-state index in [0.717, 1.165) is 24.2 Å². The van der Waals surface area contributed by atoms with Crippen molar-refractivity contribution in [2.24, 2.45) is 0 Å². The first-order valence-electron chi connectivity index (χ1n) is 6.69. The highest BCUT2D eigenvalue weighted by molar-refractivity contribution is 9.10. The minimum absolute atomic E-state index is 0.706. The molecule has 3 nitrogen and oxygen atoms in total. The molecule has 0 unspecified atom stereocenters. The van der Waals surface area contributed by atoms with E-state index < -0.39 is 0 Å². The number of nitrogens with zero attached hydrogens (tertiary/aromatic N) is 3. The highest BCUT2D eigenvalue weighted by Crippen LogP contribution is 2.35. The van der Waals surface area contributed by atoms with Crippen LogP contribution in [0.1, 0.15) is 49.5 Å². The zero-order valence-corrected chi connectivity index (χ0v) is 12.0. The maximum Gasteiger partial charge on any atom is 0.129 e. The van der Waals surface area contributed by atoms with Gasteiger partial charge in [-0.2, -0.15) is 0 Å². The predicted octanol–water partition coefficient (Wildman–Crippen LogP) is 3.14. The zero-order chi connectivity index (χ0) is 11.8. The fraction of sp³-hybridized carbons (Fsp3) is 0.769. The van der Waals surface area contributed by atoms with Crippen molar-refractivity contribution < 1.29 is 0 Å². The van der Waals surface area contributed by atoms with Crippen molar-refractivity contribution in [1.29, 1.82) is 0 Å². The van der Waals surface area contributed by atoms with Gasteiger partial charge >= 0.3 is 0 Å². The van der Waals surface area contributed by atoms with Gasteiger partial charge in [0.1, 0.15) is 10.4 Å². The summed E-state index contributed by atoms with van der Waals surface area (Å²) in [5.41, 5.74) is 1.37. The predicted molar refractivity (Wildman–Crippen MR) is 72.1 cm³/mol. The largest absolute Gasteiger partial charge is 0.328 e. The molecule has 0 spiro atoms. The molecule has 2 heterocycles. The average molecular weight is 298 g/mol. The Hall–Kier alpha value is -0.350. The van der Waals surface area contributed by atoms with Crippen molar-refractivity contribution in [1.82, 2.24) is 14.5 Å². The maximum atomic E-state index is 4.80. The molecule has 17 heavy (non-hydrogen) atoms. The molecule has 1 aliphatic carbocycles. The van der Waals surface area contributed by atoms with Gasteiger partial charge in [0.2, 0.25) is 0 Å². The molecule has 4 heteroatoms. The van der Waals surface area contributed by atoms with E-state index in [9.17, 15) is 0 Å². The van der Waals surface area contributed by atoms with Crippen molar-refractivity contribution >= 4 is 15.9 Å². The lowest BCUT2D eigenvalue weighted by atomic mass is 9.88. The third kappa shape index (κ3) is 2.17. The van der Waals surface area contributed by atoms with Crippen LogP contribution in [0.5, 0.6) is 0 Å². The summed E-state index contributed by atoms with van der Waals surface area (Å²) in [6.45, 7) is 3.28. The van der Waals surface area contributed by atoms with Crippen LogP contribution in [0.4, 0.5) is 0 Å². The summed E-state index contributed by atoms with van der Waals surface area (Å²) < 4.78 is 3.55. The van der Waals surface area contributed by atoms with Crippen molar-refractivity contribution in [3.63, 3.8) is 0 Å². The first kappa shape index (κ1) is 11.7. The van der Waals surface area contributed by atoms with Gasteiger partial charge in [-0.1, -0.05) is 19.3 Å². The number of halogens is 1. The van der Waals surface area contributed by atoms with E-state index in [2.05, 4.69) is 32.4 Å². The Labute approximate surface area is 111 Å². The molecule has 1 aliphatic heterocycles. The van der Waals surface area contributed by atoms with Crippen LogP contribution >= 0.6 is 15.9 Å². The molecule has 0 bridgehead atoms. The molecule has 1 aromatic heterocycles. The van der Waals surface area contributed by atoms with Gasteiger partial charge in [0.25, 0.3) is 0 Å². The number of hydrogen-bond acceptors (Lipinski definition) is 2. The molecule has 0 N–H and O–H groups in total. The summed E-state index contributed by atoms with van der Waals surface area (Å²) in [6, 6.07) is 0. The van der Waals surface area contributed by atoms with E-state index >= 15 is 0 Å². The van der Waals surface area contributed by atoms with E-state index in [1.165, 1.54) is 43.6 Å². The van der Waals surface area contributed by atoms with E-state index in [1.807, 2.05) is 0 Å². The number of imidazole rings is 1. The number of rotatable bonds is 1. The van der Waals surface area contributed by atoms with Crippen LogP contribution in [0.2, 0.25) is 0 Å². The Morgan fingerprint density at radius 1 is 1.18 bits per heavy atom. The molecule has 3 rings (SSSR count). The topological polar surface area (TPSA) is 21.1 Å². The highest BCUT2D eigenvalue weighted by atomic mass is 79.9. The second-order valence-corrected chi connectivity index (χ2v) is 6.18. The Kier molecular flexibility index (Phi) is 3.26. The molecule has 0 amide bonds. The zero-order valence-electron chi connectivity index (χ0n) is 10.5. The van der Waals surface area contributed by atoms with Gasteiger partial charge in [0.15, 0.2) is 0 Å². The monoisotopic (exact) mass is 297 g/mol. The number of likely N-dealkylation sites (N-methyl/N-ethyl adjacent to an activating group) is 1. The Bertz CT molecular complexity index is 407. The second-order valence-electron chi connectivity index (χ2n) is 5.43. The van der Waals surface area contributed by atoms with Crippen LogP contribution in [-0.2, 0) is 13.1 Å². The van der Waals surface area contributed by atoms with Gasteiger partial charge in [0.05, 0.1) is 5.69 Å². The van der Waals surface area contributed by atoms with Crippen LogP contribution in [0.15, 0.2) is 4.60 Å². The van der Waals surface area contributed by atoms with Crippen molar-refractivity contribution in [3.05, 3.63) is 16.1 Å². The summed E-state index contributed by atoms with van der Waals surface area (Å²) in [7, 11) is 2.18. The Balaban J connectivity index is 1.92. The summed E-state index contributed by atoms with van der Waals surface area (Å²) in [6.07, 6.45) is 6.83. The van der Waals surface area contributed by atoms with E-state index in [-0.39, 0.29) is 0 Å². The van der Waals surface area contributed by atoms with Crippen LogP contribution in [0.25, 0.3) is 0 Å². The Morgan fingerprint density at radius 2 is 1.94 bits per heavy atom. The molecule has 0 aromatic carbocycles. The number of fused-ring (bicyclic) bond motifs is 1. The minimum Gasteiger partial charge on any atom is -0.328 e. The summed E-state index contributed by atoms with van der Waals surface area (Å²) in [5, 5.41) is 0. The summed E-state index contributed by atoms with van der Waals surface area (Å²) >= 11 is 3.64. The molecule has 0 atom stereocenters. The van der Waals surface area contributed by atoms with Crippen molar-refractivity contribution in [2.45, 2.75) is 51.1 Å². The maximum absolute atomic E-state index is 4.80. The molecule has 94 valence electrons. The van der Waals surface area contributed by atoms with Crippen molar-refractivity contribution in [3.8, 4) is 0 Å². The second kappa shape index (κ2) is 4.73. The van der Waals surface area contributed by atoms with E-state index in [4.69, 9.17) is 4.98 Å². The smallest absolute Gasteiger partial charge is 0.129 e. The Morgan fingerprint density at radius 3 is 2.71 bits per heavy atom. The minimum atomic E-state index is 0.706. The molecular weight excluding hydrogens is 278 g/mol. The van der Waals surface area contributed by atoms with Crippen LogP contribution in [0, 0.1) is 0 Å². The molecule has 1 fully saturated rings. The molecule has 0 radical (unpaired) electrons. The van der Waals surface area contributed by atoms with Gasteiger partial charge in [-0.15, -0.1) is 0 Å². The molecular formula is C13H20BrN3. The van der Waals surface area contributed by atoms with Crippen molar-refractivity contribution in [2.75, 3.05) is 13.6 Å². The molecule has 1 aromatic rings. The third-order valence-electron chi connectivity index (χ3n) is 4.15. The quantitative estimate of drug-likeness (QED) is 0.794. The van der Waals surface area contributed by atoms with E-state index in [1.54, 1.807) is 0 Å². The highest BCUT2D eigenvalue weighted by Gasteiger charge is 2.26. The SMILES string of the molecule is CN1CCn2c(C3CCCCC3)nc(Br)c2C1. The summed E-state index contributed by atoms with van der Waals surface area (Å²) in [5.74, 6) is 2.05. The fourth-order valence-electron chi connectivity index (χ4n) is 3.15. The van der Waals surface area contributed by atoms with Gasteiger partial charge in [-0.05, 0) is 35.8 Å². The van der Waals surface area contributed by atoms with Gasteiger partial charge in [-0.3, -0.25) is 4.90 Å². The first-order valence-corrected chi connectivity index (χ1v) is 7.48. The fourth-order valence-corrected chi connectivity index (χ4v) is 3.67. The van der Waals surface area contributed by atoms with Crippen LogP contribution in [-0.4, -0.2) is 28.0 Å². The lowest BCUT2D eigenvalue weighted by Crippen LogP contribution is -2.31. The number of aromatic nitrogens is 2. The lowest BCUT2D eigenvalue weighted by molar-refractivity contribution is 0.262.